The summed E-state index contributed by atoms with van der Waals surface area (Å²) in [5.74, 6) is -2.22. The van der Waals surface area contributed by atoms with E-state index < -0.39 is 74.6 Å². The van der Waals surface area contributed by atoms with E-state index in [-0.39, 0.29) is 0 Å². The third-order valence-electron chi connectivity index (χ3n) is 4.07. The van der Waals surface area contributed by atoms with E-state index in [1.54, 1.807) is 0 Å². The highest BCUT2D eigenvalue weighted by atomic mass is 16.8. The van der Waals surface area contributed by atoms with E-state index >= 15 is 0 Å². The predicted octanol–water partition coefficient (Wildman–Crippen LogP) is -5.40. The van der Waals surface area contributed by atoms with Crippen LogP contribution in [0.4, 0.5) is 0 Å². The third-order valence-corrected chi connectivity index (χ3v) is 4.07. The SMILES string of the molecule is OC[C@H]1O[C@](CO)(O[C@H]2O[C@H](CO)[C@@H](O)[C@H](O)[C@@H]2O)[C@@H](O)[C@@H]1O. The van der Waals surface area contributed by atoms with Gasteiger partial charge in [0.25, 0.3) is 0 Å². The van der Waals surface area contributed by atoms with E-state index in [1.807, 2.05) is 0 Å². The van der Waals surface area contributed by atoms with Crippen molar-refractivity contribution in [1.29, 1.82) is 0 Å². The molecule has 2 aliphatic heterocycles. The van der Waals surface area contributed by atoms with Crippen LogP contribution < -0.4 is 0 Å². The summed E-state index contributed by atoms with van der Waals surface area (Å²) in [7, 11) is 0. The number of rotatable bonds is 5. The lowest BCUT2D eigenvalue weighted by Gasteiger charge is -2.43. The first kappa shape index (κ1) is 18.9. The summed E-state index contributed by atoms with van der Waals surface area (Å²) in [5, 5.41) is 76.7. The summed E-state index contributed by atoms with van der Waals surface area (Å²) < 4.78 is 15.4. The van der Waals surface area contributed by atoms with Crippen LogP contribution in [0.25, 0.3) is 0 Å². The second-order valence-corrected chi connectivity index (χ2v) is 5.56. The molecule has 0 aromatic heterocycles. The van der Waals surface area contributed by atoms with E-state index in [4.69, 9.17) is 24.4 Å². The van der Waals surface area contributed by atoms with Crippen LogP contribution >= 0.6 is 0 Å². The van der Waals surface area contributed by atoms with Crippen molar-refractivity contribution in [1.82, 2.24) is 0 Å². The highest BCUT2D eigenvalue weighted by Crippen LogP contribution is 2.35. The molecule has 0 aliphatic carbocycles. The van der Waals surface area contributed by atoms with Gasteiger partial charge in [0.05, 0.1) is 13.2 Å². The van der Waals surface area contributed by atoms with Gasteiger partial charge in [0.1, 0.15) is 49.3 Å². The molecule has 0 saturated carbocycles. The van der Waals surface area contributed by atoms with E-state index in [9.17, 15) is 30.6 Å². The van der Waals surface area contributed by atoms with Crippen molar-refractivity contribution >= 4 is 0 Å². The molecule has 0 amide bonds. The fourth-order valence-electron chi connectivity index (χ4n) is 2.63. The van der Waals surface area contributed by atoms with Crippen molar-refractivity contribution in [3.8, 4) is 0 Å². The van der Waals surface area contributed by atoms with Crippen molar-refractivity contribution in [2.75, 3.05) is 19.8 Å². The Balaban J connectivity index is 2.18. The van der Waals surface area contributed by atoms with E-state index in [2.05, 4.69) is 0 Å². The maximum absolute atomic E-state index is 10.00. The van der Waals surface area contributed by atoms with Gasteiger partial charge in [-0.25, -0.2) is 0 Å². The maximum Gasteiger partial charge on any atom is 0.224 e. The highest BCUT2D eigenvalue weighted by Gasteiger charge is 2.58. The maximum atomic E-state index is 10.00. The monoisotopic (exact) mass is 342 g/mol. The van der Waals surface area contributed by atoms with Crippen molar-refractivity contribution < 1.29 is 55.1 Å². The first-order valence-corrected chi connectivity index (χ1v) is 7.05. The zero-order chi connectivity index (χ0) is 17.4. The Morgan fingerprint density at radius 3 is 1.87 bits per heavy atom. The van der Waals surface area contributed by atoms with Gasteiger partial charge < -0.3 is 55.1 Å². The molecule has 0 aromatic carbocycles. The van der Waals surface area contributed by atoms with E-state index in [1.165, 1.54) is 0 Å². The normalized spacial score (nSPS) is 51.1. The average Bonchev–Trinajstić information content (AvgIpc) is 2.80. The molecule has 2 saturated heterocycles. The quantitative estimate of drug-likeness (QED) is 0.238. The van der Waals surface area contributed by atoms with Gasteiger partial charge in [-0.2, -0.15) is 0 Å². The lowest BCUT2D eigenvalue weighted by atomic mass is 9.99. The van der Waals surface area contributed by atoms with Crippen LogP contribution in [0, 0.1) is 0 Å². The first-order chi connectivity index (χ1) is 10.8. The fraction of sp³-hybridized carbons (Fsp3) is 1.00. The van der Waals surface area contributed by atoms with Crippen molar-refractivity contribution in [2.24, 2.45) is 0 Å². The van der Waals surface area contributed by atoms with Crippen LogP contribution in [-0.2, 0) is 14.2 Å². The van der Waals surface area contributed by atoms with Crippen molar-refractivity contribution in [3.05, 3.63) is 0 Å². The summed E-state index contributed by atoms with van der Waals surface area (Å²) in [6.45, 7) is -2.32. The Morgan fingerprint density at radius 2 is 1.39 bits per heavy atom. The van der Waals surface area contributed by atoms with Crippen molar-refractivity contribution in [3.63, 3.8) is 0 Å². The van der Waals surface area contributed by atoms with Gasteiger partial charge in [0, 0.05) is 0 Å². The summed E-state index contributed by atoms with van der Waals surface area (Å²) >= 11 is 0. The number of hydrogen-bond acceptors (Lipinski definition) is 11. The number of ether oxygens (including phenoxy) is 3. The molecule has 11 heteroatoms. The van der Waals surface area contributed by atoms with Crippen LogP contribution in [0.5, 0.6) is 0 Å². The molecule has 23 heavy (non-hydrogen) atoms. The van der Waals surface area contributed by atoms with E-state index in [0.717, 1.165) is 0 Å². The molecule has 8 N–H and O–H groups in total. The average molecular weight is 342 g/mol. The predicted molar refractivity (Wildman–Crippen MR) is 68.6 cm³/mol. The van der Waals surface area contributed by atoms with Crippen LogP contribution in [-0.4, -0.2) is 115 Å². The lowest BCUT2D eigenvalue weighted by molar-refractivity contribution is -0.383. The second-order valence-electron chi connectivity index (χ2n) is 5.56. The Labute approximate surface area is 130 Å². The third kappa shape index (κ3) is 3.23. The summed E-state index contributed by atoms with van der Waals surface area (Å²) in [5.41, 5.74) is 0. The molecule has 11 nitrogen and oxygen atoms in total. The summed E-state index contributed by atoms with van der Waals surface area (Å²) in [6.07, 6.45) is -12.7. The standard InChI is InChI=1S/C12H22O11/c13-1-4-6(16)8(18)9(19)11(21-4)23-12(3-15)10(20)7(17)5(2-14)22-12/h4-11,13-20H,1-3H2/t4-,5-,6-,7-,8+,9+,10+,11-,12-/m1/s1. The number of aliphatic hydroxyl groups is 8. The molecule has 2 rings (SSSR count). The largest absolute Gasteiger partial charge is 0.394 e. The second kappa shape index (κ2) is 7.21. The molecule has 0 bridgehead atoms. The van der Waals surface area contributed by atoms with Gasteiger partial charge in [-0.1, -0.05) is 0 Å². The Morgan fingerprint density at radius 1 is 0.783 bits per heavy atom. The van der Waals surface area contributed by atoms with Gasteiger partial charge in [-0.05, 0) is 0 Å². The Kier molecular flexibility index (Phi) is 5.92. The van der Waals surface area contributed by atoms with Crippen LogP contribution in [0.2, 0.25) is 0 Å². The van der Waals surface area contributed by atoms with Gasteiger partial charge in [-0.15, -0.1) is 0 Å². The smallest absolute Gasteiger partial charge is 0.224 e. The molecule has 136 valence electrons. The molecular formula is C12H22O11. The lowest BCUT2D eigenvalue weighted by Crippen LogP contribution is -2.62. The minimum atomic E-state index is -2.22. The minimum Gasteiger partial charge on any atom is -0.394 e. The first-order valence-electron chi connectivity index (χ1n) is 7.05. The molecule has 9 atom stereocenters. The zero-order valence-corrected chi connectivity index (χ0v) is 12.0. The Hall–Kier alpha value is -0.440. The molecule has 0 spiro atoms. The summed E-state index contributed by atoms with van der Waals surface area (Å²) in [6, 6.07) is 0. The van der Waals surface area contributed by atoms with E-state index in [0.29, 0.717) is 0 Å². The van der Waals surface area contributed by atoms with Gasteiger partial charge in [0.2, 0.25) is 5.79 Å². The molecular weight excluding hydrogens is 320 g/mol. The van der Waals surface area contributed by atoms with Crippen LogP contribution in [0.1, 0.15) is 0 Å². The molecule has 2 heterocycles. The molecule has 2 fully saturated rings. The summed E-state index contributed by atoms with van der Waals surface area (Å²) in [4.78, 5) is 0. The zero-order valence-electron chi connectivity index (χ0n) is 12.0. The Bertz CT molecular complexity index is 393. The van der Waals surface area contributed by atoms with Crippen LogP contribution in [0.15, 0.2) is 0 Å². The van der Waals surface area contributed by atoms with Gasteiger partial charge in [0.15, 0.2) is 6.29 Å². The number of aliphatic hydroxyl groups excluding tert-OH is 8. The highest BCUT2D eigenvalue weighted by molar-refractivity contribution is 4.98. The van der Waals surface area contributed by atoms with Gasteiger partial charge in [-0.3, -0.25) is 0 Å². The van der Waals surface area contributed by atoms with Crippen LogP contribution in [0.3, 0.4) is 0 Å². The molecule has 0 radical (unpaired) electrons. The molecule has 0 aromatic rings. The number of hydrogen-bond donors (Lipinski definition) is 8. The minimum absolute atomic E-state index is 0.669. The van der Waals surface area contributed by atoms with Gasteiger partial charge >= 0.3 is 0 Å². The fourth-order valence-corrected chi connectivity index (χ4v) is 2.63. The molecule has 2 aliphatic rings. The van der Waals surface area contributed by atoms with Crippen molar-refractivity contribution in [2.45, 2.75) is 54.8 Å². The topological polar surface area (TPSA) is 190 Å². The molecule has 0 unspecified atom stereocenters.